The predicted octanol–water partition coefficient (Wildman–Crippen LogP) is 3.92. The smallest absolute Gasteiger partial charge is 0.416 e. The summed E-state index contributed by atoms with van der Waals surface area (Å²) in [5.41, 5.74) is -0.238. The van der Waals surface area contributed by atoms with Crippen LogP contribution in [0.3, 0.4) is 0 Å². The van der Waals surface area contributed by atoms with Crippen molar-refractivity contribution in [2.75, 3.05) is 6.54 Å². The Morgan fingerprint density at radius 2 is 1.88 bits per heavy atom. The molecule has 1 aromatic heterocycles. The Labute approximate surface area is 140 Å². The number of furan rings is 1. The van der Waals surface area contributed by atoms with Crippen LogP contribution in [0.5, 0.6) is 0 Å². The largest absolute Gasteiger partial charge is 0.451 e. The molecule has 3 rings (SSSR count). The lowest BCUT2D eigenvalue weighted by molar-refractivity contribution is -0.137. The van der Waals surface area contributed by atoms with Gasteiger partial charge in [0.05, 0.1) is 11.7 Å². The zero-order valence-electron chi connectivity index (χ0n) is 12.9. The van der Waals surface area contributed by atoms with Gasteiger partial charge in [-0.05, 0) is 29.8 Å². The zero-order chi connectivity index (χ0) is 18.0. The Hall–Kier alpha value is -2.80. The fraction of sp³-hybridized carbons (Fsp3) is 0.167. The maximum absolute atomic E-state index is 12.7. The van der Waals surface area contributed by atoms with Gasteiger partial charge in [-0.25, -0.2) is 0 Å². The van der Waals surface area contributed by atoms with Gasteiger partial charge in [0.2, 0.25) is 0 Å². The molecule has 1 amide bonds. The van der Waals surface area contributed by atoms with Crippen LogP contribution in [0, 0.1) is 0 Å². The first-order valence-electron chi connectivity index (χ1n) is 7.46. The Morgan fingerprint density at radius 1 is 1.12 bits per heavy atom. The van der Waals surface area contributed by atoms with E-state index >= 15 is 0 Å². The van der Waals surface area contributed by atoms with Crippen molar-refractivity contribution in [3.05, 3.63) is 71.5 Å². The number of amides is 1. The van der Waals surface area contributed by atoms with Gasteiger partial charge in [0, 0.05) is 11.9 Å². The zero-order valence-corrected chi connectivity index (χ0v) is 12.9. The summed E-state index contributed by atoms with van der Waals surface area (Å²) in [5.74, 6) is -0.486. The first-order chi connectivity index (χ1) is 11.8. The van der Waals surface area contributed by atoms with E-state index in [1.54, 1.807) is 30.3 Å². The lowest BCUT2D eigenvalue weighted by atomic mass is 10.1. The third-order valence-electron chi connectivity index (χ3n) is 3.70. The average Bonchev–Trinajstić information content (AvgIpc) is 3.03. The molecule has 4 nitrogen and oxygen atoms in total. The number of para-hydroxylation sites is 1. The number of aliphatic hydroxyl groups is 1. The molecule has 0 aliphatic rings. The van der Waals surface area contributed by atoms with Gasteiger partial charge < -0.3 is 14.8 Å². The Morgan fingerprint density at radius 3 is 2.60 bits per heavy atom. The Kier molecular flexibility index (Phi) is 4.50. The molecule has 7 heteroatoms. The first kappa shape index (κ1) is 17.0. The minimum atomic E-state index is -4.49. The number of hydrogen-bond acceptors (Lipinski definition) is 3. The van der Waals surface area contributed by atoms with Crippen LogP contribution in [-0.4, -0.2) is 17.6 Å². The third-order valence-corrected chi connectivity index (χ3v) is 3.70. The fourth-order valence-corrected chi connectivity index (χ4v) is 2.41. The molecule has 0 saturated carbocycles. The molecule has 0 aliphatic heterocycles. The molecule has 0 saturated heterocycles. The van der Waals surface area contributed by atoms with E-state index in [4.69, 9.17) is 4.42 Å². The predicted molar refractivity (Wildman–Crippen MR) is 85.0 cm³/mol. The number of halogens is 3. The number of nitrogens with one attached hydrogen (secondary N) is 1. The SMILES string of the molecule is O=C(NCC(O)c1cccc(C(F)(F)F)c1)c1cc2ccccc2o1. The van der Waals surface area contributed by atoms with Crippen LogP contribution in [-0.2, 0) is 6.18 Å². The lowest BCUT2D eigenvalue weighted by Crippen LogP contribution is -2.28. The van der Waals surface area contributed by atoms with E-state index in [1.165, 1.54) is 12.1 Å². The van der Waals surface area contributed by atoms with Gasteiger partial charge in [0.25, 0.3) is 5.91 Å². The van der Waals surface area contributed by atoms with Crippen molar-refractivity contribution in [1.82, 2.24) is 5.32 Å². The maximum Gasteiger partial charge on any atom is 0.416 e. The molecule has 0 radical (unpaired) electrons. The summed E-state index contributed by atoms with van der Waals surface area (Å²) >= 11 is 0. The Balaban J connectivity index is 1.67. The normalized spacial score (nSPS) is 13.0. The number of rotatable bonds is 4. The highest BCUT2D eigenvalue weighted by atomic mass is 19.4. The van der Waals surface area contributed by atoms with Crippen molar-refractivity contribution < 1.29 is 27.5 Å². The Bertz CT molecular complexity index is 869. The van der Waals surface area contributed by atoms with E-state index in [0.717, 1.165) is 17.5 Å². The van der Waals surface area contributed by atoms with Gasteiger partial charge in [-0.2, -0.15) is 13.2 Å². The van der Waals surface area contributed by atoms with E-state index in [0.29, 0.717) is 5.58 Å². The third kappa shape index (κ3) is 3.83. The molecule has 2 aromatic carbocycles. The van der Waals surface area contributed by atoms with Crippen molar-refractivity contribution in [3.63, 3.8) is 0 Å². The van der Waals surface area contributed by atoms with Crippen LogP contribution >= 0.6 is 0 Å². The minimum Gasteiger partial charge on any atom is -0.451 e. The highest BCUT2D eigenvalue weighted by Crippen LogP contribution is 2.30. The molecule has 0 spiro atoms. The molecule has 0 bridgehead atoms. The monoisotopic (exact) mass is 349 g/mol. The minimum absolute atomic E-state index is 0.0671. The molecule has 25 heavy (non-hydrogen) atoms. The molecule has 1 unspecified atom stereocenters. The van der Waals surface area contributed by atoms with Crippen molar-refractivity contribution in [2.24, 2.45) is 0 Å². The number of hydrogen-bond donors (Lipinski definition) is 2. The molecular formula is C18H14F3NO3. The van der Waals surface area contributed by atoms with E-state index in [1.807, 2.05) is 0 Å². The van der Waals surface area contributed by atoms with Gasteiger partial charge in [-0.15, -0.1) is 0 Å². The van der Waals surface area contributed by atoms with Gasteiger partial charge in [-0.1, -0.05) is 30.3 Å². The second-order valence-electron chi connectivity index (χ2n) is 5.50. The van der Waals surface area contributed by atoms with Crippen molar-refractivity contribution in [2.45, 2.75) is 12.3 Å². The summed E-state index contributed by atoms with van der Waals surface area (Å²) in [5, 5.41) is 13.2. The van der Waals surface area contributed by atoms with Gasteiger partial charge >= 0.3 is 6.18 Å². The number of carbonyl (C=O) groups is 1. The second kappa shape index (κ2) is 6.60. The van der Waals surface area contributed by atoms with Gasteiger partial charge in [0.1, 0.15) is 5.58 Å². The van der Waals surface area contributed by atoms with Crippen molar-refractivity contribution >= 4 is 16.9 Å². The summed E-state index contributed by atoms with van der Waals surface area (Å²) in [4.78, 5) is 12.1. The number of carbonyl (C=O) groups excluding carboxylic acids is 1. The van der Waals surface area contributed by atoms with Crippen LogP contribution in [0.15, 0.2) is 59.0 Å². The van der Waals surface area contributed by atoms with E-state index < -0.39 is 23.8 Å². The molecule has 2 N–H and O–H groups in total. The first-order valence-corrected chi connectivity index (χ1v) is 7.46. The van der Waals surface area contributed by atoms with Crippen molar-refractivity contribution in [3.8, 4) is 0 Å². The van der Waals surface area contributed by atoms with Crippen LogP contribution in [0.2, 0.25) is 0 Å². The number of alkyl halides is 3. The number of aliphatic hydroxyl groups excluding tert-OH is 1. The highest BCUT2D eigenvalue weighted by Gasteiger charge is 2.30. The second-order valence-corrected chi connectivity index (χ2v) is 5.50. The van der Waals surface area contributed by atoms with Crippen molar-refractivity contribution in [1.29, 1.82) is 0 Å². The molecule has 3 aromatic rings. The fourth-order valence-electron chi connectivity index (χ4n) is 2.41. The molecule has 1 atom stereocenters. The van der Waals surface area contributed by atoms with Gasteiger partial charge in [0.15, 0.2) is 5.76 Å². The summed E-state index contributed by atoms with van der Waals surface area (Å²) in [6.45, 7) is -0.239. The molecular weight excluding hydrogens is 335 g/mol. The summed E-state index contributed by atoms with van der Waals surface area (Å²) in [6, 6.07) is 13.0. The average molecular weight is 349 g/mol. The summed E-state index contributed by atoms with van der Waals surface area (Å²) < 4.78 is 43.5. The number of fused-ring (bicyclic) bond motifs is 1. The van der Waals surface area contributed by atoms with Gasteiger partial charge in [-0.3, -0.25) is 4.79 Å². The van der Waals surface area contributed by atoms with Crippen LogP contribution in [0.4, 0.5) is 13.2 Å². The number of benzene rings is 2. The highest BCUT2D eigenvalue weighted by molar-refractivity contribution is 5.96. The van der Waals surface area contributed by atoms with Crippen LogP contribution in [0.25, 0.3) is 11.0 Å². The van der Waals surface area contributed by atoms with E-state index in [2.05, 4.69) is 5.32 Å². The molecule has 130 valence electrons. The van der Waals surface area contributed by atoms with E-state index in [9.17, 15) is 23.1 Å². The lowest BCUT2D eigenvalue weighted by Gasteiger charge is -2.14. The van der Waals surface area contributed by atoms with Crippen LogP contribution < -0.4 is 5.32 Å². The quantitative estimate of drug-likeness (QED) is 0.751. The summed E-state index contributed by atoms with van der Waals surface area (Å²) in [6.07, 6.45) is -5.76. The molecule has 0 aliphatic carbocycles. The molecule has 1 heterocycles. The molecule has 0 fully saturated rings. The topological polar surface area (TPSA) is 62.5 Å². The standard InChI is InChI=1S/C18H14F3NO3/c19-18(20,21)13-6-3-5-11(8-13)14(23)10-22-17(24)16-9-12-4-1-2-7-15(12)25-16/h1-9,14,23H,10H2,(H,22,24). The summed E-state index contributed by atoms with van der Waals surface area (Å²) in [7, 11) is 0. The van der Waals surface area contributed by atoms with E-state index in [-0.39, 0.29) is 17.9 Å². The maximum atomic E-state index is 12.7. The van der Waals surface area contributed by atoms with Crippen LogP contribution in [0.1, 0.15) is 27.8 Å².